The third-order valence-corrected chi connectivity index (χ3v) is 4.02. The number of aromatic nitrogens is 2. The summed E-state index contributed by atoms with van der Waals surface area (Å²) in [4.78, 5) is 33.0. The lowest BCUT2D eigenvalue weighted by molar-refractivity contribution is -0.154. The van der Waals surface area contributed by atoms with Crippen LogP contribution in [0.2, 0.25) is 0 Å². The molecule has 2 aromatic carbocycles. The normalized spacial score (nSPS) is 10.5. The van der Waals surface area contributed by atoms with Crippen molar-refractivity contribution < 1.29 is 28.9 Å². The molecule has 0 unspecified atom stereocenters. The maximum atomic E-state index is 11.8. The van der Waals surface area contributed by atoms with Crippen molar-refractivity contribution in [1.29, 1.82) is 0 Å². The molecular formula is C21H21N3O6. The van der Waals surface area contributed by atoms with Crippen LogP contribution in [0.5, 0.6) is 11.6 Å². The topological polar surface area (TPSA) is 111 Å². The summed E-state index contributed by atoms with van der Waals surface area (Å²) in [6, 6.07) is 12.3. The van der Waals surface area contributed by atoms with E-state index in [0.29, 0.717) is 11.5 Å². The van der Waals surface area contributed by atoms with Gasteiger partial charge in [0.05, 0.1) is 0 Å². The smallest absolute Gasteiger partial charge is 0.412 e. The fraction of sp³-hybridized carbons (Fsp3) is 0.238. The first kappa shape index (κ1) is 20.8. The molecule has 0 saturated carbocycles. The number of rotatable bonds is 6. The molecule has 9 nitrogen and oxygen atoms in total. The van der Waals surface area contributed by atoms with Crippen molar-refractivity contribution in [2.45, 2.75) is 6.92 Å². The van der Waals surface area contributed by atoms with Crippen molar-refractivity contribution in [3.63, 3.8) is 0 Å². The second-order valence-electron chi connectivity index (χ2n) is 6.64. The van der Waals surface area contributed by atoms with Crippen molar-refractivity contribution >= 4 is 22.8 Å². The Labute approximate surface area is 172 Å². The SMILES string of the molecule is Cc1cc(OCC(=O)OCOC(=O)N(C)C)nc(-c2ccc3cc(O)ccc3c2)n1. The average Bonchev–Trinajstić information content (AvgIpc) is 2.71. The van der Waals surface area contributed by atoms with E-state index in [4.69, 9.17) is 14.2 Å². The molecule has 0 fully saturated rings. The molecule has 1 heterocycles. The fourth-order valence-electron chi connectivity index (χ4n) is 2.56. The lowest BCUT2D eigenvalue weighted by Crippen LogP contribution is -2.25. The molecule has 30 heavy (non-hydrogen) atoms. The maximum absolute atomic E-state index is 11.8. The molecule has 3 aromatic rings. The summed E-state index contributed by atoms with van der Waals surface area (Å²) in [6.45, 7) is 0.891. The molecule has 0 saturated heterocycles. The molecule has 1 aromatic heterocycles. The number of aromatic hydroxyl groups is 1. The van der Waals surface area contributed by atoms with E-state index < -0.39 is 25.5 Å². The summed E-state index contributed by atoms with van der Waals surface area (Å²) in [5.74, 6) is 0.143. The van der Waals surface area contributed by atoms with Crippen molar-refractivity contribution in [2.75, 3.05) is 27.5 Å². The van der Waals surface area contributed by atoms with Crippen molar-refractivity contribution in [3.8, 4) is 23.0 Å². The Morgan fingerprint density at radius 2 is 1.73 bits per heavy atom. The van der Waals surface area contributed by atoms with Gasteiger partial charge in [0.2, 0.25) is 12.7 Å². The Hall–Kier alpha value is -3.88. The van der Waals surface area contributed by atoms with E-state index in [0.717, 1.165) is 16.3 Å². The lowest BCUT2D eigenvalue weighted by atomic mass is 10.1. The minimum Gasteiger partial charge on any atom is -0.508 e. The molecule has 9 heteroatoms. The van der Waals surface area contributed by atoms with Gasteiger partial charge in [-0.2, -0.15) is 4.98 Å². The van der Waals surface area contributed by atoms with Crippen LogP contribution in [0.25, 0.3) is 22.2 Å². The second-order valence-corrected chi connectivity index (χ2v) is 6.64. The Bertz CT molecular complexity index is 1080. The van der Waals surface area contributed by atoms with Crippen LogP contribution in [0.1, 0.15) is 5.69 Å². The number of phenolic OH excluding ortho intramolecular Hbond substituents is 1. The second kappa shape index (κ2) is 9.08. The molecule has 0 spiro atoms. The van der Waals surface area contributed by atoms with Crippen LogP contribution in [-0.4, -0.2) is 59.5 Å². The zero-order valence-electron chi connectivity index (χ0n) is 16.8. The van der Waals surface area contributed by atoms with E-state index >= 15 is 0 Å². The van der Waals surface area contributed by atoms with Crippen LogP contribution in [0.3, 0.4) is 0 Å². The van der Waals surface area contributed by atoms with E-state index in [1.165, 1.54) is 19.0 Å². The summed E-state index contributed by atoms with van der Waals surface area (Å²) >= 11 is 0. The Morgan fingerprint density at radius 3 is 2.50 bits per heavy atom. The van der Waals surface area contributed by atoms with E-state index in [1.54, 1.807) is 31.2 Å². The van der Waals surface area contributed by atoms with E-state index in [-0.39, 0.29) is 11.6 Å². The molecular weight excluding hydrogens is 390 g/mol. The number of nitrogens with zero attached hydrogens (tertiary/aromatic N) is 3. The van der Waals surface area contributed by atoms with Crippen molar-refractivity contribution in [1.82, 2.24) is 14.9 Å². The number of benzene rings is 2. The lowest BCUT2D eigenvalue weighted by Gasteiger charge is -2.11. The van der Waals surface area contributed by atoms with Crippen LogP contribution in [0.4, 0.5) is 4.79 Å². The third-order valence-electron chi connectivity index (χ3n) is 4.02. The van der Waals surface area contributed by atoms with Gasteiger partial charge in [-0.05, 0) is 35.9 Å². The maximum Gasteiger partial charge on any atom is 0.412 e. The van der Waals surface area contributed by atoms with Gasteiger partial charge >= 0.3 is 12.1 Å². The van der Waals surface area contributed by atoms with Gasteiger partial charge in [0, 0.05) is 31.4 Å². The molecule has 1 N–H and O–H groups in total. The van der Waals surface area contributed by atoms with Gasteiger partial charge < -0.3 is 24.2 Å². The molecule has 0 aliphatic rings. The fourth-order valence-corrected chi connectivity index (χ4v) is 2.56. The van der Waals surface area contributed by atoms with Crippen LogP contribution in [0.15, 0.2) is 42.5 Å². The Morgan fingerprint density at radius 1 is 1.00 bits per heavy atom. The number of amides is 1. The molecule has 0 atom stereocenters. The molecule has 156 valence electrons. The standard InChI is InChI=1S/C21H21N3O6/c1-13-8-18(28-11-19(26)29-12-30-21(27)24(2)3)23-20(22-13)16-5-4-15-10-17(25)7-6-14(15)9-16/h4-10,25H,11-12H2,1-3H3. The number of hydrogen-bond donors (Lipinski definition) is 1. The summed E-state index contributed by atoms with van der Waals surface area (Å²) < 4.78 is 14.9. The molecule has 0 radical (unpaired) electrons. The molecule has 0 aliphatic carbocycles. The van der Waals surface area contributed by atoms with Crippen LogP contribution < -0.4 is 4.74 Å². The summed E-state index contributed by atoms with van der Waals surface area (Å²) in [5.41, 5.74) is 1.42. The number of phenols is 1. The van der Waals surface area contributed by atoms with Crippen LogP contribution >= 0.6 is 0 Å². The van der Waals surface area contributed by atoms with E-state index in [1.807, 2.05) is 18.2 Å². The van der Waals surface area contributed by atoms with Crippen molar-refractivity contribution in [2.24, 2.45) is 0 Å². The largest absolute Gasteiger partial charge is 0.508 e. The van der Waals surface area contributed by atoms with Crippen molar-refractivity contribution in [3.05, 3.63) is 48.2 Å². The monoisotopic (exact) mass is 411 g/mol. The van der Waals surface area contributed by atoms with Gasteiger partial charge in [-0.3, -0.25) is 0 Å². The molecule has 0 bridgehead atoms. The summed E-state index contributed by atoms with van der Waals surface area (Å²) in [7, 11) is 3.03. The summed E-state index contributed by atoms with van der Waals surface area (Å²) in [5, 5.41) is 11.4. The number of ether oxygens (including phenoxy) is 3. The number of fused-ring (bicyclic) bond motifs is 1. The van der Waals surface area contributed by atoms with Gasteiger partial charge in [-0.1, -0.05) is 18.2 Å². The quantitative estimate of drug-likeness (QED) is 0.487. The predicted molar refractivity (Wildman–Crippen MR) is 108 cm³/mol. The van der Waals surface area contributed by atoms with Crippen LogP contribution in [0, 0.1) is 6.92 Å². The number of aryl methyl sites for hydroxylation is 1. The van der Waals surface area contributed by atoms with E-state index in [9.17, 15) is 14.7 Å². The minimum absolute atomic E-state index is 0.195. The van der Waals surface area contributed by atoms with Crippen LogP contribution in [-0.2, 0) is 14.3 Å². The molecule has 1 amide bonds. The van der Waals surface area contributed by atoms with Gasteiger partial charge in [0.25, 0.3) is 0 Å². The number of carbonyl (C=O) groups is 2. The van der Waals surface area contributed by atoms with Gasteiger partial charge in [-0.25, -0.2) is 14.6 Å². The van der Waals surface area contributed by atoms with Gasteiger partial charge in [0.15, 0.2) is 12.4 Å². The Balaban J connectivity index is 1.66. The average molecular weight is 411 g/mol. The number of hydrogen-bond acceptors (Lipinski definition) is 8. The van der Waals surface area contributed by atoms with E-state index in [2.05, 4.69) is 9.97 Å². The zero-order valence-corrected chi connectivity index (χ0v) is 16.8. The third kappa shape index (κ3) is 5.34. The number of esters is 1. The highest BCUT2D eigenvalue weighted by molar-refractivity contribution is 5.87. The van der Waals surface area contributed by atoms with Gasteiger partial charge in [-0.15, -0.1) is 0 Å². The highest BCUT2D eigenvalue weighted by Gasteiger charge is 2.11. The molecule has 0 aliphatic heterocycles. The highest BCUT2D eigenvalue weighted by atomic mass is 16.7. The first-order chi connectivity index (χ1) is 14.3. The predicted octanol–water partition coefficient (Wildman–Crippen LogP) is 2.89. The number of carbonyl (C=O) groups excluding carboxylic acids is 2. The minimum atomic E-state index is -0.704. The zero-order chi connectivity index (χ0) is 21.7. The molecule has 3 rings (SSSR count). The van der Waals surface area contributed by atoms with Gasteiger partial charge in [0.1, 0.15) is 5.75 Å². The summed E-state index contributed by atoms with van der Waals surface area (Å²) in [6.07, 6.45) is -0.620. The Kier molecular flexibility index (Phi) is 6.31. The highest BCUT2D eigenvalue weighted by Crippen LogP contribution is 2.26. The first-order valence-electron chi connectivity index (χ1n) is 9.03. The first-order valence-corrected chi connectivity index (χ1v) is 9.03.